The van der Waals surface area contributed by atoms with E-state index in [-0.39, 0.29) is 24.0 Å². The molecule has 0 aliphatic carbocycles. The van der Waals surface area contributed by atoms with E-state index < -0.39 is 0 Å². The molecule has 0 aromatic heterocycles. The second kappa shape index (κ2) is 17.2. The Balaban J connectivity index is 0. The fraction of sp³-hybridized carbons (Fsp3) is 0.714. The van der Waals surface area contributed by atoms with Gasteiger partial charge in [-0.05, 0) is 40.5 Å². The van der Waals surface area contributed by atoms with Gasteiger partial charge in [-0.25, -0.2) is 0 Å². The average molecular weight is 688 g/mol. The molecule has 0 atom stereocenters. The van der Waals surface area contributed by atoms with Crippen LogP contribution >= 0.6 is 40.8 Å². The molecular formula is C14H24CoI3N4. The fourth-order valence-electron chi connectivity index (χ4n) is 1.59. The van der Waals surface area contributed by atoms with Crippen LogP contribution in [0.15, 0.2) is 20.0 Å². The molecule has 0 aromatic carbocycles. The summed E-state index contributed by atoms with van der Waals surface area (Å²) in [5.41, 5.74) is 4.19. The van der Waals surface area contributed by atoms with E-state index in [4.69, 9.17) is 0 Å². The maximum absolute atomic E-state index is 4.52. The van der Waals surface area contributed by atoms with E-state index in [9.17, 15) is 0 Å². The molecule has 0 unspecified atom stereocenters. The first-order chi connectivity index (χ1) is 10.0. The number of aliphatic imine (C=N–C) groups is 4. The van der Waals surface area contributed by atoms with Gasteiger partial charge >= 0.3 is 49.1 Å². The van der Waals surface area contributed by atoms with Gasteiger partial charge in [0.05, 0.1) is 22.8 Å². The molecule has 0 aromatic rings. The molecule has 0 saturated heterocycles. The molecule has 1 heterocycles. The van der Waals surface area contributed by atoms with Crippen molar-refractivity contribution in [3.05, 3.63) is 0 Å². The van der Waals surface area contributed by atoms with Crippen LogP contribution in [-0.2, 0) is 8.26 Å². The molecule has 130 valence electrons. The molecule has 1 aliphatic rings. The molecule has 1 aliphatic heterocycles. The van der Waals surface area contributed by atoms with Crippen molar-refractivity contribution in [3.63, 3.8) is 0 Å². The number of rotatable bonds is 0. The van der Waals surface area contributed by atoms with Crippen molar-refractivity contribution >= 4 is 63.7 Å². The summed E-state index contributed by atoms with van der Waals surface area (Å²) in [6, 6.07) is 0. The van der Waals surface area contributed by atoms with Crippen molar-refractivity contribution in [2.45, 2.75) is 40.5 Å². The summed E-state index contributed by atoms with van der Waals surface area (Å²) in [5.74, 6) is 0. The summed E-state index contributed by atoms with van der Waals surface area (Å²) in [6.07, 6.45) is 1.96. The van der Waals surface area contributed by atoms with Crippen LogP contribution < -0.4 is 24.0 Å². The van der Waals surface area contributed by atoms with Crippen LogP contribution in [0.4, 0.5) is 0 Å². The number of hydrogen-bond acceptors (Lipinski definition) is 4. The third kappa shape index (κ3) is 13.8. The van der Waals surface area contributed by atoms with Crippen LogP contribution in [0.25, 0.3) is 0 Å². The summed E-state index contributed by atoms with van der Waals surface area (Å²) in [4.78, 5) is 18.1. The Labute approximate surface area is 180 Å². The van der Waals surface area contributed by atoms with Gasteiger partial charge in [0, 0.05) is 26.2 Å². The second-order valence-electron chi connectivity index (χ2n) is 4.62. The van der Waals surface area contributed by atoms with E-state index in [2.05, 4.69) is 60.8 Å². The Morgan fingerprint density at radius 2 is 0.818 bits per heavy atom. The maximum atomic E-state index is 4.52. The predicted octanol–water partition coefficient (Wildman–Crippen LogP) is 1.40. The van der Waals surface area contributed by atoms with Crippen molar-refractivity contribution in [1.82, 2.24) is 0 Å². The molecule has 0 N–H and O–H groups in total. The predicted molar refractivity (Wildman–Crippen MR) is 109 cm³/mol. The topological polar surface area (TPSA) is 49.4 Å². The van der Waals surface area contributed by atoms with E-state index in [1.807, 2.05) is 27.7 Å². The average Bonchev–Trinajstić information content (AvgIpc) is 2.45. The van der Waals surface area contributed by atoms with Gasteiger partial charge in [-0.1, -0.05) is 0 Å². The van der Waals surface area contributed by atoms with Crippen LogP contribution in [0, 0.1) is 0 Å². The van der Waals surface area contributed by atoms with Gasteiger partial charge in [0.1, 0.15) is 0 Å². The molecule has 0 bridgehead atoms. The molecule has 0 spiro atoms. The zero-order valence-electron chi connectivity index (χ0n) is 13.5. The second-order valence-corrected chi connectivity index (χ2v) is 13.4. The Hall–Kier alpha value is 1.38. The fourth-order valence-corrected chi connectivity index (χ4v) is 1.59. The minimum atomic E-state index is 0. The first-order valence-electron chi connectivity index (χ1n) is 6.91. The van der Waals surface area contributed by atoms with Crippen molar-refractivity contribution in [3.8, 4) is 0 Å². The van der Waals surface area contributed by atoms with Crippen LogP contribution in [0.5, 0.6) is 0 Å². The van der Waals surface area contributed by atoms with Crippen molar-refractivity contribution in [1.29, 1.82) is 0 Å². The van der Waals surface area contributed by atoms with Crippen molar-refractivity contribution in [2.75, 3.05) is 26.2 Å². The molecule has 8 heteroatoms. The molecule has 0 fully saturated rings. The molecule has 1 rings (SSSR count). The Morgan fingerprint density at radius 1 is 0.636 bits per heavy atom. The number of halogens is 3. The van der Waals surface area contributed by atoms with E-state index in [0.29, 0.717) is 0 Å². The zero-order chi connectivity index (χ0) is 16.1. The van der Waals surface area contributed by atoms with E-state index in [0.717, 1.165) is 61.9 Å². The Kier molecular flexibility index (Phi) is 20.0. The van der Waals surface area contributed by atoms with Gasteiger partial charge in [-0.15, -0.1) is 0 Å². The third-order valence-corrected chi connectivity index (χ3v) is 3.08. The summed E-state index contributed by atoms with van der Waals surface area (Å²) in [5, 5.41) is 0. The van der Waals surface area contributed by atoms with Crippen molar-refractivity contribution in [2.24, 2.45) is 20.0 Å². The van der Waals surface area contributed by atoms with E-state index >= 15 is 0 Å². The SMILES string of the molecule is CC1=NCCCN=C(C)C(C)=NCCCN=C1C.[I-].[I][Co+][I]. The summed E-state index contributed by atoms with van der Waals surface area (Å²) in [6.45, 7) is 11.4. The number of hydrogen-bond donors (Lipinski definition) is 0. The van der Waals surface area contributed by atoms with Crippen LogP contribution in [0.1, 0.15) is 40.5 Å². The van der Waals surface area contributed by atoms with Gasteiger partial charge in [0.2, 0.25) is 0 Å². The van der Waals surface area contributed by atoms with Gasteiger partial charge in [0.15, 0.2) is 0 Å². The normalized spacial score (nSPS) is 17.5. The molecule has 4 nitrogen and oxygen atoms in total. The van der Waals surface area contributed by atoms with Crippen LogP contribution in [-0.4, -0.2) is 49.0 Å². The third-order valence-electron chi connectivity index (χ3n) is 3.08. The van der Waals surface area contributed by atoms with Gasteiger partial charge in [0.25, 0.3) is 0 Å². The monoisotopic (exact) mass is 688 g/mol. The molecule has 0 saturated carbocycles. The molecule has 22 heavy (non-hydrogen) atoms. The molecule has 0 radical (unpaired) electrons. The van der Waals surface area contributed by atoms with E-state index in [1.165, 1.54) is 8.26 Å². The van der Waals surface area contributed by atoms with Crippen LogP contribution in [0.2, 0.25) is 0 Å². The standard InChI is InChI=1S/C14H24N4.Co.3HI/c1-11-12(2)16-8-6-10-18-14(4)13(3)17-9-5-7-15-11;;;;/h5-10H2,1-4H3;;3*1H/q;+3;;;/p-3. The number of nitrogens with zero attached hydrogens (tertiary/aromatic N) is 4. The quantitative estimate of drug-likeness (QED) is 0.346. The molecular weight excluding hydrogens is 664 g/mol. The molecule has 0 amide bonds. The zero-order valence-corrected chi connectivity index (χ0v) is 21.0. The Bertz CT molecular complexity index is 346. The summed E-state index contributed by atoms with van der Waals surface area (Å²) in [7, 11) is 1.38. The van der Waals surface area contributed by atoms with Gasteiger partial charge in [-0.2, -0.15) is 0 Å². The first-order valence-corrected chi connectivity index (χ1v) is 13.6. The van der Waals surface area contributed by atoms with E-state index in [1.54, 1.807) is 0 Å². The minimum absolute atomic E-state index is 0. The summed E-state index contributed by atoms with van der Waals surface area (Å²) >= 11 is 4.49. The van der Waals surface area contributed by atoms with Gasteiger partial charge in [-0.3, -0.25) is 20.0 Å². The Morgan fingerprint density at radius 3 is 1.00 bits per heavy atom. The first kappa shape index (κ1) is 25.6. The van der Waals surface area contributed by atoms with Crippen molar-refractivity contribution < 1.29 is 32.2 Å². The van der Waals surface area contributed by atoms with Crippen LogP contribution in [0.3, 0.4) is 0 Å². The summed E-state index contributed by atoms with van der Waals surface area (Å²) < 4.78 is 0. The van der Waals surface area contributed by atoms with Gasteiger partial charge < -0.3 is 24.0 Å².